The molecule has 1 amide bonds. The Bertz CT molecular complexity index is 791. The number of aryl methyl sites for hydroxylation is 1. The number of halogens is 1. The van der Waals surface area contributed by atoms with Crippen LogP contribution >= 0.6 is 11.6 Å². The molecule has 0 radical (unpaired) electrons. The molecule has 0 heterocycles. The second-order valence-corrected chi connectivity index (χ2v) is 5.29. The molecule has 0 saturated carbocycles. The molecule has 0 aliphatic heterocycles. The molecule has 0 atom stereocenters. The van der Waals surface area contributed by atoms with Crippen LogP contribution in [0.5, 0.6) is 0 Å². The van der Waals surface area contributed by atoms with Gasteiger partial charge in [-0.25, -0.2) is 0 Å². The summed E-state index contributed by atoms with van der Waals surface area (Å²) in [6, 6.07) is 13.9. The van der Waals surface area contributed by atoms with Gasteiger partial charge in [0, 0.05) is 28.3 Å². The van der Waals surface area contributed by atoms with Gasteiger partial charge in [-0.2, -0.15) is 5.26 Å². The number of carbonyl (C=O) groups is 1. The van der Waals surface area contributed by atoms with E-state index in [1.165, 1.54) is 6.20 Å². The van der Waals surface area contributed by atoms with Gasteiger partial charge in [-0.05, 0) is 48.9 Å². The molecule has 0 aliphatic rings. The zero-order chi connectivity index (χ0) is 16.8. The molecule has 116 valence electrons. The van der Waals surface area contributed by atoms with E-state index in [4.69, 9.17) is 22.6 Å². The van der Waals surface area contributed by atoms with E-state index in [1.54, 1.807) is 36.4 Å². The van der Waals surface area contributed by atoms with E-state index in [9.17, 15) is 4.79 Å². The Morgan fingerprint density at radius 2 is 1.96 bits per heavy atom. The fourth-order valence-electron chi connectivity index (χ4n) is 1.81. The van der Waals surface area contributed by atoms with Gasteiger partial charge in [0.1, 0.15) is 11.6 Å². The van der Waals surface area contributed by atoms with Crippen LogP contribution in [0.2, 0.25) is 5.02 Å². The van der Waals surface area contributed by atoms with E-state index >= 15 is 0 Å². The van der Waals surface area contributed by atoms with Gasteiger partial charge in [-0.3, -0.25) is 4.79 Å². The lowest BCUT2D eigenvalue weighted by molar-refractivity contribution is -0.112. The summed E-state index contributed by atoms with van der Waals surface area (Å²) >= 11 is 5.93. The second kappa shape index (κ2) is 7.34. The number of nitrogens with one attached hydrogen (secondary N) is 2. The number of nitrogens with two attached hydrogens (primary N) is 1. The van der Waals surface area contributed by atoms with E-state index in [0.29, 0.717) is 16.4 Å². The summed E-state index contributed by atoms with van der Waals surface area (Å²) in [4.78, 5) is 12.1. The largest absolute Gasteiger partial charge is 0.399 e. The first kappa shape index (κ1) is 16.4. The van der Waals surface area contributed by atoms with Gasteiger partial charge in [0.05, 0.1) is 0 Å². The van der Waals surface area contributed by atoms with Gasteiger partial charge in [0.15, 0.2) is 0 Å². The van der Waals surface area contributed by atoms with Crippen molar-refractivity contribution >= 4 is 34.6 Å². The van der Waals surface area contributed by atoms with Gasteiger partial charge in [-0.1, -0.05) is 17.7 Å². The zero-order valence-corrected chi connectivity index (χ0v) is 13.2. The Labute approximate surface area is 139 Å². The van der Waals surface area contributed by atoms with Crippen LogP contribution in [0.3, 0.4) is 0 Å². The number of carbonyl (C=O) groups excluding carboxylic acids is 1. The summed E-state index contributed by atoms with van der Waals surface area (Å²) < 4.78 is 0. The predicted molar refractivity (Wildman–Crippen MR) is 93.0 cm³/mol. The Balaban J connectivity index is 2.12. The van der Waals surface area contributed by atoms with Crippen molar-refractivity contribution < 1.29 is 4.79 Å². The van der Waals surface area contributed by atoms with Crippen LogP contribution in [0.15, 0.2) is 54.2 Å². The molecule has 2 rings (SSSR count). The first-order chi connectivity index (χ1) is 11.0. The number of rotatable bonds is 4. The maximum absolute atomic E-state index is 12.1. The summed E-state index contributed by atoms with van der Waals surface area (Å²) in [5.74, 6) is -0.510. The fourth-order valence-corrected chi connectivity index (χ4v) is 1.99. The summed E-state index contributed by atoms with van der Waals surface area (Å²) in [6.45, 7) is 1.90. The minimum absolute atomic E-state index is 0.0544. The molecule has 6 heteroatoms. The van der Waals surface area contributed by atoms with Gasteiger partial charge in [0.25, 0.3) is 5.91 Å². The minimum atomic E-state index is -0.510. The van der Waals surface area contributed by atoms with Gasteiger partial charge >= 0.3 is 0 Å². The third-order valence-corrected chi connectivity index (χ3v) is 3.34. The molecular weight excluding hydrogens is 312 g/mol. The Hall–Kier alpha value is -2.97. The van der Waals surface area contributed by atoms with Crippen molar-refractivity contribution in [3.63, 3.8) is 0 Å². The summed E-state index contributed by atoms with van der Waals surface area (Å²) in [7, 11) is 0. The van der Waals surface area contributed by atoms with Crippen LogP contribution in [-0.2, 0) is 4.79 Å². The van der Waals surface area contributed by atoms with Crippen LogP contribution in [0.1, 0.15) is 5.56 Å². The van der Waals surface area contributed by atoms with Crippen LogP contribution in [0.4, 0.5) is 17.1 Å². The van der Waals surface area contributed by atoms with Crippen molar-refractivity contribution in [3.05, 3.63) is 64.8 Å². The zero-order valence-electron chi connectivity index (χ0n) is 12.4. The highest BCUT2D eigenvalue weighted by Crippen LogP contribution is 2.20. The molecule has 0 aliphatic carbocycles. The number of hydrogen-bond acceptors (Lipinski definition) is 4. The topological polar surface area (TPSA) is 90.9 Å². The lowest BCUT2D eigenvalue weighted by atomic mass is 10.2. The minimum Gasteiger partial charge on any atom is -0.399 e. The van der Waals surface area contributed by atoms with E-state index in [1.807, 2.05) is 19.1 Å². The van der Waals surface area contributed by atoms with E-state index in [0.717, 1.165) is 11.3 Å². The monoisotopic (exact) mass is 326 g/mol. The number of nitrogens with zero attached hydrogens (tertiary/aromatic N) is 1. The number of anilines is 3. The highest BCUT2D eigenvalue weighted by molar-refractivity contribution is 6.30. The quantitative estimate of drug-likeness (QED) is 0.454. The summed E-state index contributed by atoms with van der Waals surface area (Å²) in [6.07, 6.45) is 1.35. The van der Waals surface area contributed by atoms with Crippen molar-refractivity contribution in [1.82, 2.24) is 0 Å². The number of nitriles is 1. The summed E-state index contributed by atoms with van der Waals surface area (Å²) in [5.41, 5.74) is 8.36. The molecular formula is C17H15ClN4O. The van der Waals surface area contributed by atoms with Gasteiger partial charge in [-0.15, -0.1) is 0 Å². The van der Waals surface area contributed by atoms with Crippen LogP contribution in [0, 0.1) is 18.3 Å². The molecule has 0 bridgehead atoms. The molecule has 2 aromatic carbocycles. The van der Waals surface area contributed by atoms with Gasteiger partial charge < -0.3 is 16.4 Å². The Kier molecular flexibility index (Phi) is 5.23. The maximum atomic E-state index is 12.1. The highest BCUT2D eigenvalue weighted by atomic mass is 35.5. The third-order valence-electron chi connectivity index (χ3n) is 3.11. The Morgan fingerprint density at radius 1 is 1.26 bits per heavy atom. The molecule has 5 nitrogen and oxygen atoms in total. The van der Waals surface area contributed by atoms with Crippen LogP contribution < -0.4 is 16.4 Å². The molecule has 23 heavy (non-hydrogen) atoms. The predicted octanol–water partition coefficient (Wildman–Crippen LogP) is 3.69. The molecule has 0 aromatic heterocycles. The summed E-state index contributed by atoms with van der Waals surface area (Å²) in [5, 5.41) is 15.3. The standard InChI is InChI=1S/C17H15ClN4O/c1-11-2-3-13(18)8-16(11)21-10-12(9-19)17(23)22-15-6-4-14(20)5-7-15/h2-8,10,21H,20H2,1H3,(H,22,23)/b12-10-. The molecule has 0 spiro atoms. The lowest BCUT2D eigenvalue weighted by Gasteiger charge is -2.07. The molecule has 2 aromatic rings. The third kappa shape index (κ3) is 4.50. The molecule has 4 N–H and O–H groups in total. The van der Waals surface area contributed by atoms with Crippen molar-refractivity contribution in [2.45, 2.75) is 6.92 Å². The van der Waals surface area contributed by atoms with Crippen LogP contribution in [0.25, 0.3) is 0 Å². The normalized spacial score (nSPS) is 10.7. The van der Waals surface area contributed by atoms with Crippen molar-refractivity contribution in [2.24, 2.45) is 0 Å². The van der Waals surface area contributed by atoms with Crippen LogP contribution in [-0.4, -0.2) is 5.91 Å². The van der Waals surface area contributed by atoms with E-state index < -0.39 is 5.91 Å². The number of benzene rings is 2. The average Bonchev–Trinajstić information content (AvgIpc) is 2.53. The Morgan fingerprint density at radius 3 is 2.61 bits per heavy atom. The van der Waals surface area contributed by atoms with Crippen molar-refractivity contribution in [2.75, 3.05) is 16.4 Å². The first-order valence-electron chi connectivity index (χ1n) is 6.79. The number of hydrogen-bond donors (Lipinski definition) is 3. The SMILES string of the molecule is Cc1ccc(Cl)cc1N/C=C(/C#N)C(=O)Nc1ccc(N)cc1. The molecule has 0 unspecified atom stereocenters. The second-order valence-electron chi connectivity index (χ2n) is 4.85. The lowest BCUT2D eigenvalue weighted by Crippen LogP contribution is -2.14. The number of amides is 1. The maximum Gasteiger partial charge on any atom is 0.267 e. The average molecular weight is 327 g/mol. The molecule has 0 saturated heterocycles. The van der Waals surface area contributed by atoms with Crippen molar-refractivity contribution in [1.29, 1.82) is 5.26 Å². The van der Waals surface area contributed by atoms with E-state index in [2.05, 4.69) is 10.6 Å². The smallest absolute Gasteiger partial charge is 0.267 e. The number of nitrogen functional groups attached to an aromatic ring is 1. The van der Waals surface area contributed by atoms with E-state index in [-0.39, 0.29) is 5.57 Å². The van der Waals surface area contributed by atoms with Crippen molar-refractivity contribution in [3.8, 4) is 6.07 Å². The highest BCUT2D eigenvalue weighted by Gasteiger charge is 2.09. The first-order valence-corrected chi connectivity index (χ1v) is 7.17. The fraction of sp³-hybridized carbons (Fsp3) is 0.0588. The van der Waals surface area contributed by atoms with Gasteiger partial charge in [0.2, 0.25) is 0 Å². The molecule has 0 fully saturated rings.